The van der Waals surface area contributed by atoms with Crippen molar-refractivity contribution in [1.82, 2.24) is 19.0 Å². The lowest BCUT2D eigenvalue weighted by atomic mass is 10.1. The smallest absolute Gasteiger partial charge is 0.309 e. The van der Waals surface area contributed by atoms with E-state index in [1.165, 1.54) is 82.6 Å². The Balaban J connectivity index is 0.000000196. The maximum absolute atomic E-state index is 14.1. The number of rotatable bonds is 14. The van der Waals surface area contributed by atoms with Gasteiger partial charge in [-0.1, -0.05) is 94.4 Å². The van der Waals surface area contributed by atoms with E-state index in [2.05, 4.69) is 9.71 Å². The number of methoxy groups -OCH3 is 1. The monoisotopic (exact) mass is 1040 g/mol. The summed E-state index contributed by atoms with van der Waals surface area (Å²) in [7, 11) is -7.00. The van der Waals surface area contributed by atoms with Crippen molar-refractivity contribution < 1.29 is 36.2 Å². The van der Waals surface area contributed by atoms with Crippen molar-refractivity contribution in [3.05, 3.63) is 151 Å². The molecule has 2 aliphatic rings. The number of carbonyl (C=O) groups is 1. The van der Waals surface area contributed by atoms with Gasteiger partial charge < -0.3 is 14.5 Å². The number of nitro groups is 2. The average Bonchev–Trinajstić information content (AvgIpc) is 4.15. The maximum Gasteiger partial charge on any atom is 0.309 e. The Morgan fingerprint density at radius 2 is 1.29 bits per heavy atom. The van der Waals surface area contributed by atoms with Gasteiger partial charge in [0.25, 0.3) is 21.4 Å². The van der Waals surface area contributed by atoms with Gasteiger partial charge in [0.05, 0.1) is 43.8 Å². The van der Waals surface area contributed by atoms with Crippen LogP contribution in [-0.4, -0.2) is 92.3 Å². The Kier molecular flexibility index (Phi) is 14.6. The molecule has 0 bridgehead atoms. The van der Waals surface area contributed by atoms with Crippen molar-refractivity contribution in [3.8, 4) is 0 Å². The lowest BCUT2D eigenvalue weighted by Crippen LogP contribution is -2.41. The number of carbonyl (C=O) groups excluding carboxylic acids is 1. The summed E-state index contributed by atoms with van der Waals surface area (Å²) >= 11 is 15.1. The summed E-state index contributed by atoms with van der Waals surface area (Å²) in [4.78, 5) is 46.0. The Morgan fingerprint density at radius 3 is 1.90 bits per heavy atom. The topological polar surface area (TPSA) is 228 Å². The number of fused-ring (bicyclic) bond motifs is 2. The molecule has 1 N–H and O–H groups in total. The number of benzene rings is 5. The number of para-hydroxylation sites is 2. The van der Waals surface area contributed by atoms with E-state index in [1.54, 1.807) is 36.4 Å². The molecule has 24 heteroatoms. The Hall–Kier alpha value is -5.85. The molecule has 0 saturated carbocycles. The summed E-state index contributed by atoms with van der Waals surface area (Å²) in [6, 6.07) is 27.8. The van der Waals surface area contributed by atoms with E-state index in [-0.39, 0.29) is 28.8 Å². The van der Waals surface area contributed by atoms with Crippen LogP contribution in [0.1, 0.15) is 24.0 Å². The van der Waals surface area contributed by atoms with E-state index in [0.29, 0.717) is 60.2 Å². The van der Waals surface area contributed by atoms with E-state index >= 15 is 0 Å². The quantitative estimate of drug-likeness (QED) is 0.0612. The number of anilines is 2. The second-order valence-corrected chi connectivity index (χ2v) is 22.2. The fourth-order valence-electron chi connectivity index (χ4n) is 7.96. The summed E-state index contributed by atoms with van der Waals surface area (Å²) in [5.41, 5.74) is 2.05. The molecule has 2 atom stereocenters. The molecule has 2 unspecified atom stereocenters. The van der Waals surface area contributed by atoms with Crippen molar-refractivity contribution in [2.45, 2.75) is 47.7 Å². The number of esters is 1. The minimum Gasteiger partial charge on any atom is -0.469 e. The fraction of sp³-hybridized carbons (Fsp3) is 0.250. The zero-order chi connectivity index (χ0) is 48.3. The Morgan fingerprint density at radius 1 is 0.750 bits per heavy atom. The van der Waals surface area contributed by atoms with Crippen LogP contribution in [0.25, 0.3) is 20.4 Å². The van der Waals surface area contributed by atoms with Crippen LogP contribution in [0.4, 0.5) is 21.6 Å². The molecular weight excluding hydrogens is 1000 g/mol. The molecule has 4 heterocycles. The fourth-order valence-corrected chi connectivity index (χ4v) is 13.7. The predicted octanol–water partition coefficient (Wildman–Crippen LogP) is 8.46. The summed E-state index contributed by atoms with van der Waals surface area (Å²) in [6.07, 6.45) is 1.12. The van der Waals surface area contributed by atoms with E-state index in [4.69, 9.17) is 32.9 Å². The summed E-state index contributed by atoms with van der Waals surface area (Å²) in [5, 5.41) is 25.7. The number of nitrogens with zero attached hydrogens (tertiary/aromatic N) is 7. The van der Waals surface area contributed by atoms with Crippen LogP contribution in [0, 0.1) is 20.2 Å². The Labute approximate surface area is 408 Å². The van der Waals surface area contributed by atoms with Gasteiger partial charge in [0.15, 0.2) is 20.1 Å². The van der Waals surface area contributed by atoms with E-state index in [0.717, 1.165) is 30.7 Å². The lowest BCUT2D eigenvalue weighted by Gasteiger charge is -2.28. The van der Waals surface area contributed by atoms with Crippen LogP contribution >= 0.6 is 45.9 Å². The van der Waals surface area contributed by atoms with Crippen molar-refractivity contribution in [2.24, 2.45) is 0 Å². The molecule has 2 saturated heterocycles. The number of sulfonamides is 2. The van der Waals surface area contributed by atoms with Gasteiger partial charge >= 0.3 is 5.97 Å². The van der Waals surface area contributed by atoms with E-state index in [9.17, 15) is 41.9 Å². The van der Waals surface area contributed by atoms with Gasteiger partial charge in [-0.3, -0.25) is 25.0 Å². The summed E-state index contributed by atoms with van der Waals surface area (Å²) in [5.74, 6) is -0.412. The first-order valence-corrected chi connectivity index (χ1v) is 26.1. The highest BCUT2D eigenvalue weighted by molar-refractivity contribution is 7.89. The molecule has 2 fully saturated rings. The molecule has 2 aromatic heterocycles. The molecule has 5 aromatic carbocycles. The molecule has 68 heavy (non-hydrogen) atoms. The second-order valence-electron chi connectivity index (χ2n) is 15.7. The molecule has 18 nitrogen and oxygen atoms in total. The molecule has 9 rings (SSSR count). The molecule has 0 spiro atoms. The number of halogens is 2. The Bertz CT molecular complexity index is 3280. The van der Waals surface area contributed by atoms with Crippen LogP contribution in [0.3, 0.4) is 0 Å². The minimum absolute atomic E-state index is 0.0304. The van der Waals surface area contributed by atoms with Gasteiger partial charge in [-0.25, -0.2) is 31.5 Å². The van der Waals surface area contributed by atoms with Crippen molar-refractivity contribution in [3.63, 3.8) is 0 Å². The van der Waals surface area contributed by atoms with Crippen molar-refractivity contribution in [1.29, 1.82) is 0 Å². The first-order chi connectivity index (χ1) is 32.5. The van der Waals surface area contributed by atoms with Gasteiger partial charge in [0.1, 0.15) is 0 Å². The van der Waals surface area contributed by atoms with Crippen molar-refractivity contribution in [2.75, 3.05) is 43.1 Å². The van der Waals surface area contributed by atoms with Gasteiger partial charge in [0.2, 0.25) is 10.0 Å². The van der Waals surface area contributed by atoms with Crippen molar-refractivity contribution >= 4 is 114 Å². The first-order valence-electron chi connectivity index (χ1n) is 20.8. The highest BCUT2D eigenvalue weighted by atomic mass is 35.5. The summed E-state index contributed by atoms with van der Waals surface area (Å²) in [6.45, 7) is 1.96. The van der Waals surface area contributed by atoms with Crippen LogP contribution < -0.4 is 14.5 Å². The molecular formula is C44H40Cl2N8O10S4. The third-order valence-corrected chi connectivity index (χ3v) is 17.3. The third kappa shape index (κ3) is 10.9. The zero-order valence-electron chi connectivity index (χ0n) is 35.8. The van der Waals surface area contributed by atoms with Gasteiger partial charge in [0, 0.05) is 67.0 Å². The van der Waals surface area contributed by atoms with Crippen LogP contribution in [-0.2, 0) is 42.5 Å². The largest absolute Gasteiger partial charge is 0.469 e. The van der Waals surface area contributed by atoms with Crippen LogP contribution in [0.2, 0.25) is 10.0 Å². The number of nitrogens with one attached hydrogen (secondary N) is 1. The molecule has 0 aliphatic carbocycles. The van der Waals surface area contributed by atoms with Gasteiger partial charge in [-0.15, -0.1) is 0 Å². The normalized spacial score (nSPS) is 16.3. The molecule has 354 valence electrons. The lowest BCUT2D eigenvalue weighted by molar-refractivity contribution is -0.388. The highest BCUT2D eigenvalue weighted by Crippen LogP contribution is 2.37. The number of hydrogen-bond acceptors (Lipinski definition) is 16. The average molecular weight is 1040 g/mol. The second kappa shape index (κ2) is 20.4. The molecule has 2 aliphatic heterocycles. The molecule has 7 aromatic rings. The van der Waals surface area contributed by atoms with Crippen LogP contribution in [0.15, 0.2) is 119 Å². The minimum atomic E-state index is -4.30. The molecule has 0 radical (unpaired) electrons. The van der Waals surface area contributed by atoms with Gasteiger partial charge in [-0.05, 0) is 72.5 Å². The third-order valence-electron chi connectivity index (χ3n) is 11.2. The van der Waals surface area contributed by atoms with E-state index in [1.807, 2.05) is 34.1 Å². The van der Waals surface area contributed by atoms with E-state index < -0.39 is 53.3 Å². The number of hydrogen-bond donors (Lipinski definition) is 1. The predicted molar refractivity (Wildman–Crippen MR) is 262 cm³/mol. The maximum atomic E-state index is 14.1. The number of nitro benzene ring substituents is 2. The SMILES string of the molecule is COC(=O)Cc1cccc(CN(C2CCN(c3nc4ccc(Cl)cc4s3)C2)S(=O)(=O)c2ccccc2[N+](=O)[O-])c1.O=[N+]([O-])c1ccccc1S(=O)(=O)NC1CCN(c2nc3ccc(Cl)cc3s2)C1. The number of ether oxygens (including phenoxy) is 1. The molecule has 0 amide bonds. The number of aromatic nitrogens is 2. The summed E-state index contributed by atoms with van der Waals surface area (Å²) < 4.78 is 64.1. The first kappa shape index (κ1) is 48.6. The zero-order valence-corrected chi connectivity index (χ0v) is 40.6. The van der Waals surface area contributed by atoms with Gasteiger partial charge in [-0.2, -0.15) is 4.31 Å². The number of thiazole rings is 2. The van der Waals surface area contributed by atoms with Crippen LogP contribution in [0.5, 0.6) is 0 Å². The standard InChI is InChI=1S/C27H25ClN4O6S2.C17H15ClN4O4S2/c1-38-26(33)14-18-5-4-6-19(13-18)16-31(40(36,37)25-8-3-2-7-23(25)32(34)35)21-11-12-30(17-21)27-29-22-10-9-20(28)15-24(22)39-27;18-11-5-6-13-15(9-11)27-17(19-13)21-8-7-12(10-21)20-28(25,26)16-4-2-1-3-14(16)22(23)24/h2-10,13,15,21H,11-12,14,16-17H2,1H3;1-6,9,12,20H,7-8,10H2. The highest BCUT2D eigenvalue weighted by Gasteiger charge is 2.40.